The summed E-state index contributed by atoms with van der Waals surface area (Å²) in [6, 6.07) is 12.5. The minimum Gasteiger partial charge on any atom is -0.492 e. The van der Waals surface area contributed by atoms with Crippen molar-refractivity contribution >= 4 is 10.8 Å². The fourth-order valence-electron chi connectivity index (χ4n) is 2.07. The van der Waals surface area contributed by atoms with E-state index < -0.39 is 0 Å². The lowest BCUT2D eigenvalue weighted by molar-refractivity contribution is 0.316. The van der Waals surface area contributed by atoms with Gasteiger partial charge in [0.2, 0.25) is 0 Å². The molecule has 2 rings (SSSR count). The fraction of sp³-hybridized carbons (Fsp3) is 0.250. The zero-order chi connectivity index (χ0) is 12.8. The van der Waals surface area contributed by atoms with Crippen LogP contribution in [-0.4, -0.2) is 20.2 Å². The standard InChI is InChI=1S/C16H19NO/c1-3-6-15-14-8-5-4-7-13(14)9-10-16(15)18-12-11-17-2/h3-5,7-10,17H,1,6,11-12H2,2H3. The molecule has 0 fully saturated rings. The van der Waals surface area contributed by atoms with Crippen LogP contribution in [0.3, 0.4) is 0 Å². The number of allylic oxidation sites excluding steroid dienone is 1. The van der Waals surface area contributed by atoms with E-state index in [1.165, 1.54) is 16.3 Å². The van der Waals surface area contributed by atoms with E-state index in [9.17, 15) is 0 Å². The van der Waals surface area contributed by atoms with Gasteiger partial charge in [0, 0.05) is 12.1 Å². The Labute approximate surface area is 108 Å². The Morgan fingerprint density at radius 3 is 2.83 bits per heavy atom. The zero-order valence-electron chi connectivity index (χ0n) is 10.8. The van der Waals surface area contributed by atoms with Crippen LogP contribution in [0.1, 0.15) is 5.56 Å². The molecule has 0 aliphatic heterocycles. The smallest absolute Gasteiger partial charge is 0.123 e. The highest BCUT2D eigenvalue weighted by atomic mass is 16.5. The van der Waals surface area contributed by atoms with Crippen LogP contribution in [0.25, 0.3) is 10.8 Å². The van der Waals surface area contributed by atoms with Crippen LogP contribution < -0.4 is 10.1 Å². The summed E-state index contributed by atoms with van der Waals surface area (Å²) in [6.07, 6.45) is 2.75. The van der Waals surface area contributed by atoms with E-state index >= 15 is 0 Å². The highest BCUT2D eigenvalue weighted by Crippen LogP contribution is 2.28. The zero-order valence-corrected chi connectivity index (χ0v) is 10.8. The van der Waals surface area contributed by atoms with Crippen molar-refractivity contribution in [2.24, 2.45) is 0 Å². The predicted octanol–water partition coefficient (Wildman–Crippen LogP) is 3.17. The molecule has 0 saturated carbocycles. The molecule has 2 heteroatoms. The van der Waals surface area contributed by atoms with Gasteiger partial charge in [-0.05, 0) is 30.3 Å². The van der Waals surface area contributed by atoms with E-state index in [0.29, 0.717) is 6.61 Å². The monoisotopic (exact) mass is 241 g/mol. The molecule has 0 heterocycles. The molecule has 0 atom stereocenters. The van der Waals surface area contributed by atoms with Crippen molar-refractivity contribution in [3.63, 3.8) is 0 Å². The van der Waals surface area contributed by atoms with Gasteiger partial charge in [-0.15, -0.1) is 6.58 Å². The number of likely N-dealkylation sites (N-methyl/N-ethyl adjacent to an activating group) is 1. The van der Waals surface area contributed by atoms with Gasteiger partial charge in [0.1, 0.15) is 12.4 Å². The van der Waals surface area contributed by atoms with Crippen molar-refractivity contribution in [2.45, 2.75) is 6.42 Å². The number of hydrogen-bond donors (Lipinski definition) is 1. The summed E-state index contributed by atoms with van der Waals surface area (Å²) in [6.45, 7) is 5.36. The molecule has 0 spiro atoms. The lowest BCUT2D eigenvalue weighted by Crippen LogP contribution is -2.16. The minimum atomic E-state index is 0.680. The first-order chi connectivity index (χ1) is 8.86. The molecule has 0 aliphatic carbocycles. The molecule has 1 N–H and O–H groups in total. The van der Waals surface area contributed by atoms with E-state index in [4.69, 9.17) is 4.74 Å². The Balaban J connectivity index is 2.38. The van der Waals surface area contributed by atoms with Crippen LogP contribution in [-0.2, 0) is 6.42 Å². The Kier molecular flexibility index (Phi) is 4.37. The van der Waals surface area contributed by atoms with Crippen molar-refractivity contribution in [1.29, 1.82) is 0 Å². The van der Waals surface area contributed by atoms with Gasteiger partial charge in [-0.1, -0.05) is 36.4 Å². The van der Waals surface area contributed by atoms with E-state index in [-0.39, 0.29) is 0 Å². The Morgan fingerprint density at radius 2 is 2.06 bits per heavy atom. The molecular formula is C16H19NO. The van der Waals surface area contributed by atoms with Gasteiger partial charge in [-0.2, -0.15) is 0 Å². The second-order valence-electron chi connectivity index (χ2n) is 4.21. The average Bonchev–Trinajstić information content (AvgIpc) is 2.41. The molecule has 0 aromatic heterocycles. The van der Waals surface area contributed by atoms with Crippen LogP contribution in [0.5, 0.6) is 5.75 Å². The summed E-state index contributed by atoms with van der Waals surface area (Å²) in [7, 11) is 1.93. The van der Waals surface area contributed by atoms with E-state index in [0.717, 1.165) is 18.7 Å². The van der Waals surface area contributed by atoms with Crippen molar-refractivity contribution in [1.82, 2.24) is 5.32 Å². The second kappa shape index (κ2) is 6.22. The molecule has 0 unspecified atom stereocenters. The molecule has 18 heavy (non-hydrogen) atoms. The van der Waals surface area contributed by atoms with Gasteiger partial charge in [0.25, 0.3) is 0 Å². The largest absolute Gasteiger partial charge is 0.492 e. The number of nitrogens with one attached hydrogen (secondary N) is 1. The van der Waals surface area contributed by atoms with Crippen molar-refractivity contribution in [3.8, 4) is 5.75 Å². The van der Waals surface area contributed by atoms with Gasteiger partial charge in [-0.25, -0.2) is 0 Å². The fourth-order valence-corrected chi connectivity index (χ4v) is 2.07. The first-order valence-electron chi connectivity index (χ1n) is 6.25. The third kappa shape index (κ3) is 2.71. The molecule has 0 radical (unpaired) electrons. The van der Waals surface area contributed by atoms with Crippen LogP contribution in [0.15, 0.2) is 49.1 Å². The maximum absolute atomic E-state index is 5.83. The molecule has 0 amide bonds. The third-order valence-corrected chi connectivity index (χ3v) is 2.96. The molecule has 2 aromatic rings. The number of benzene rings is 2. The summed E-state index contributed by atoms with van der Waals surface area (Å²) in [5.74, 6) is 0.962. The van der Waals surface area contributed by atoms with E-state index in [1.807, 2.05) is 13.1 Å². The molecular weight excluding hydrogens is 222 g/mol. The highest BCUT2D eigenvalue weighted by Gasteiger charge is 2.07. The number of ether oxygens (including phenoxy) is 1. The lowest BCUT2D eigenvalue weighted by atomic mass is 10.0. The highest BCUT2D eigenvalue weighted by molar-refractivity contribution is 5.87. The lowest BCUT2D eigenvalue weighted by Gasteiger charge is -2.13. The number of hydrogen-bond acceptors (Lipinski definition) is 2. The number of fused-ring (bicyclic) bond motifs is 1. The first-order valence-corrected chi connectivity index (χ1v) is 6.25. The second-order valence-corrected chi connectivity index (χ2v) is 4.21. The summed E-state index contributed by atoms with van der Waals surface area (Å²) < 4.78 is 5.83. The van der Waals surface area contributed by atoms with Gasteiger partial charge < -0.3 is 10.1 Å². The van der Waals surface area contributed by atoms with E-state index in [2.05, 4.69) is 48.3 Å². The molecule has 0 aliphatic rings. The summed E-state index contributed by atoms with van der Waals surface area (Å²) in [4.78, 5) is 0. The predicted molar refractivity (Wildman–Crippen MR) is 77.3 cm³/mol. The van der Waals surface area contributed by atoms with Crippen LogP contribution in [0.2, 0.25) is 0 Å². The third-order valence-electron chi connectivity index (χ3n) is 2.96. The van der Waals surface area contributed by atoms with Crippen LogP contribution in [0, 0.1) is 0 Å². The molecule has 2 nitrogen and oxygen atoms in total. The van der Waals surface area contributed by atoms with E-state index in [1.54, 1.807) is 0 Å². The molecule has 0 saturated heterocycles. The van der Waals surface area contributed by atoms with Crippen LogP contribution in [0.4, 0.5) is 0 Å². The Hall–Kier alpha value is -1.80. The summed E-state index contributed by atoms with van der Waals surface area (Å²) >= 11 is 0. The van der Waals surface area contributed by atoms with Crippen molar-refractivity contribution < 1.29 is 4.74 Å². The van der Waals surface area contributed by atoms with Gasteiger partial charge in [0.15, 0.2) is 0 Å². The molecule has 0 bridgehead atoms. The topological polar surface area (TPSA) is 21.3 Å². The quantitative estimate of drug-likeness (QED) is 0.619. The summed E-state index contributed by atoms with van der Waals surface area (Å²) in [5.41, 5.74) is 1.22. The average molecular weight is 241 g/mol. The Bertz CT molecular complexity index is 534. The number of rotatable bonds is 6. The first kappa shape index (κ1) is 12.7. The maximum atomic E-state index is 5.83. The van der Waals surface area contributed by atoms with Crippen molar-refractivity contribution in [3.05, 3.63) is 54.6 Å². The molecule has 2 aromatic carbocycles. The molecule has 94 valence electrons. The van der Waals surface area contributed by atoms with Crippen molar-refractivity contribution in [2.75, 3.05) is 20.2 Å². The maximum Gasteiger partial charge on any atom is 0.123 e. The minimum absolute atomic E-state index is 0.680. The van der Waals surface area contributed by atoms with Gasteiger partial charge >= 0.3 is 0 Å². The van der Waals surface area contributed by atoms with Gasteiger partial charge in [-0.3, -0.25) is 0 Å². The summed E-state index contributed by atoms with van der Waals surface area (Å²) in [5, 5.41) is 5.58. The normalized spacial score (nSPS) is 10.5. The Morgan fingerprint density at radius 1 is 1.22 bits per heavy atom. The SMILES string of the molecule is C=CCc1c(OCCNC)ccc2ccccc12. The van der Waals surface area contributed by atoms with Gasteiger partial charge in [0.05, 0.1) is 0 Å². The van der Waals surface area contributed by atoms with Crippen LogP contribution >= 0.6 is 0 Å².